The molecule has 0 aromatic carbocycles. The number of rotatable bonds is 4. The van der Waals surface area contributed by atoms with Gasteiger partial charge in [0.1, 0.15) is 9.84 Å². The van der Waals surface area contributed by atoms with Gasteiger partial charge in [0.2, 0.25) is 0 Å². The molecule has 0 radical (unpaired) electrons. The van der Waals surface area contributed by atoms with Crippen molar-refractivity contribution in [2.75, 3.05) is 31.6 Å². The average molecular weight is 249 g/mol. The second-order valence-electron chi connectivity index (χ2n) is 4.18. The second-order valence-corrected chi connectivity index (χ2v) is 6.44. The lowest BCUT2D eigenvalue weighted by molar-refractivity contribution is 0.186. The number of hydrogen-bond acceptors (Lipinski definition) is 4. The molecule has 3 N–H and O–H groups in total. The molecule has 1 heterocycles. The van der Waals surface area contributed by atoms with Crippen LogP contribution in [0.15, 0.2) is 0 Å². The number of likely N-dealkylation sites (tertiary alicyclic amines) is 1. The Hall–Kier alpha value is -0.820. The Bertz CT molecular complexity index is 334. The summed E-state index contributed by atoms with van der Waals surface area (Å²) in [6.45, 7) is 1.76. The average Bonchev–Trinajstić information content (AvgIpc) is 2.16. The maximum Gasteiger partial charge on any atom is 0.314 e. The summed E-state index contributed by atoms with van der Waals surface area (Å²) in [7, 11) is -2.90. The van der Waals surface area contributed by atoms with E-state index in [9.17, 15) is 13.2 Å². The first-order valence-corrected chi connectivity index (χ1v) is 7.40. The molecule has 0 aliphatic carbocycles. The Kier molecular flexibility index (Phi) is 4.55. The second kappa shape index (κ2) is 5.49. The van der Waals surface area contributed by atoms with E-state index in [1.165, 1.54) is 6.26 Å². The molecule has 7 heteroatoms. The van der Waals surface area contributed by atoms with E-state index in [2.05, 4.69) is 5.32 Å². The van der Waals surface area contributed by atoms with Crippen LogP contribution in [0.2, 0.25) is 0 Å². The monoisotopic (exact) mass is 249 g/mol. The van der Waals surface area contributed by atoms with Crippen molar-refractivity contribution in [2.24, 2.45) is 5.73 Å². The van der Waals surface area contributed by atoms with Gasteiger partial charge in [0.05, 0.1) is 5.75 Å². The third-order valence-electron chi connectivity index (χ3n) is 2.71. The third kappa shape index (κ3) is 4.80. The number of hydrogen-bond donors (Lipinski definition) is 2. The fraction of sp³-hybridized carbons (Fsp3) is 0.889. The number of piperidine rings is 1. The first-order valence-electron chi connectivity index (χ1n) is 5.34. The van der Waals surface area contributed by atoms with Gasteiger partial charge in [-0.2, -0.15) is 0 Å². The highest BCUT2D eigenvalue weighted by atomic mass is 32.2. The van der Waals surface area contributed by atoms with Crippen LogP contribution in [0.1, 0.15) is 12.8 Å². The van der Waals surface area contributed by atoms with Crippen molar-refractivity contribution in [1.29, 1.82) is 0 Å². The summed E-state index contributed by atoms with van der Waals surface area (Å²) in [5, 5.41) is 3.18. The third-order valence-corrected chi connectivity index (χ3v) is 3.66. The molecule has 16 heavy (non-hydrogen) atoms. The van der Waals surface area contributed by atoms with Crippen molar-refractivity contribution in [1.82, 2.24) is 10.2 Å². The summed E-state index contributed by atoms with van der Waals surface area (Å²) in [6, 6.07) is -0.0908. The lowest BCUT2D eigenvalue weighted by Gasteiger charge is -2.31. The molecule has 6 nitrogen and oxygen atoms in total. The topological polar surface area (TPSA) is 92.5 Å². The van der Waals surface area contributed by atoms with Crippen LogP contribution in [-0.2, 0) is 9.84 Å². The normalized spacial score (nSPS) is 18.7. The van der Waals surface area contributed by atoms with Crippen molar-refractivity contribution in [3.05, 3.63) is 0 Å². The zero-order chi connectivity index (χ0) is 12.2. The molecule has 0 spiro atoms. The minimum Gasteiger partial charge on any atom is -0.351 e. The van der Waals surface area contributed by atoms with Crippen molar-refractivity contribution in [3.63, 3.8) is 0 Å². The molecule has 1 fully saturated rings. The zero-order valence-corrected chi connectivity index (χ0v) is 10.3. The predicted molar refractivity (Wildman–Crippen MR) is 61.9 cm³/mol. The van der Waals surface area contributed by atoms with E-state index in [1.54, 1.807) is 4.90 Å². The van der Waals surface area contributed by atoms with Gasteiger partial charge in [-0.25, -0.2) is 13.2 Å². The van der Waals surface area contributed by atoms with Crippen LogP contribution < -0.4 is 11.1 Å². The Morgan fingerprint density at radius 1 is 1.44 bits per heavy atom. The van der Waals surface area contributed by atoms with E-state index in [4.69, 9.17) is 5.73 Å². The summed E-state index contributed by atoms with van der Waals surface area (Å²) in [4.78, 5) is 12.5. The summed E-state index contributed by atoms with van der Waals surface area (Å²) < 4.78 is 21.8. The number of nitrogens with zero attached hydrogens (tertiary/aromatic N) is 1. The van der Waals surface area contributed by atoms with Gasteiger partial charge in [-0.05, 0) is 12.8 Å². The number of carbonyl (C=O) groups excluding carboxylic acids is 1. The fourth-order valence-corrected chi connectivity index (χ4v) is 2.24. The number of sulfone groups is 1. The molecule has 1 saturated heterocycles. The number of nitrogens with two attached hydrogens (primary N) is 1. The van der Waals surface area contributed by atoms with Gasteiger partial charge >= 0.3 is 6.03 Å². The number of nitrogens with one attached hydrogen (secondary N) is 1. The van der Waals surface area contributed by atoms with Crippen molar-refractivity contribution >= 4 is 15.9 Å². The molecule has 0 aromatic heterocycles. The lowest BCUT2D eigenvalue weighted by Crippen LogP contribution is -2.47. The molecule has 1 aliphatic rings. The van der Waals surface area contributed by atoms with E-state index in [0.717, 1.165) is 12.8 Å². The van der Waals surface area contributed by atoms with E-state index in [0.29, 0.717) is 19.6 Å². The summed E-state index contributed by atoms with van der Waals surface area (Å²) >= 11 is 0. The first kappa shape index (κ1) is 13.2. The molecule has 2 amide bonds. The molecule has 1 rings (SSSR count). The molecule has 94 valence electrons. The Balaban J connectivity index is 2.20. The van der Waals surface area contributed by atoms with Gasteiger partial charge < -0.3 is 16.0 Å². The highest BCUT2D eigenvalue weighted by molar-refractivity contribution is 7.90. The van der Waals surface area contributed by atoms with Crippen LogP contribution >= 0.6 is 0 Å². The molecule has 0 bridgehead atoms. The SMILES string of the molecule is CS(=O)(=O)CCNC1CCN(C(N)=O)CC1. The van der Waals surface area contributed by atoms with Crippen LogP contribution in [0.4, 0.5) is 4.79 Å². The highest BCUT2D eigenvalue weighted by Crippen LogP contribution is 2.09. The highest BCUT2D eigenvalue weighted by Gasteiger charge is 2.20. The van der Waals surface area contributed by atoms with Crippen LogP contribution in [0.3, 0.4) is 0 Å². The minimum absolute atomic E-state index is 0.156. The predicted octanol–water partition coefficient (Wildman–Crippen LogP) is -0.836. The van der Waals surface area contributed by atoms with Crippen molar-refractivity contribution < 1.29 is 13.2 Å². The quantitative estimate of drug-likeness (QED) is 0.679. The molecule has 0 atom stereocenters. The smallest absolute Gasteiger partial charge is 0.314 e. The molecule has 0 unspecified atom stereocenters. The molecule has 1 aliphatic heterocycles. The van der Waals surface area contributed by atoms with Crippen LogP contribution in [0, 0.1) is 0 Å². The van der Waals surface area contributed by atoms with Crippen molar-refractivity contribution in [3.8, 4) is 0 Å². The number of amides is 2. The van der Waals surface area contributed by atoms with Gasteiger partial charge in [-0.3, -0.25) is 0 Å². The van der Waals surface area contributed by atoms with Gasteiger partial charge in [0.15, 0.2) is 0 Å². The van der Waals surface area contributed by atoms with E-state index < -0.39 is 9.84 Å². The maximum atomic E-state index is 10.9. The first-order chi connectivity index (χ1) is 7.38. The fourth-order valence-electron chi connectivity index (χ4n) is 1.75. The standard InChI is InChI=1S/C9H19N3O3S/c1-16(14,15)7-4-11-8-2-5-12(6-3-8)9(10)13/h8,11H,2-7H2,1H3,(H2,10,13). The lowest BCUT2D eigenvalue weighted by atomic mass is 10.1. The summed E-state index contributed by atoms with van der Waals surface area (Å²) in [5.41, 5.74) is 5.16. The van der Waals surface area contributed by atoms with Gasteiger partial charge in [-0.1, -0.05) is 0 Å². The minimum atomic E-state index is -2.90. The van der Waals surface area contributed by atoms with Crippen LogP contribution in [0.5, 0.6) is 0 Å². The van der Waals surface area contributed by atoms with E-state index in [-0.39, 0.29) is 17.8 Å². The zero-order valence-electron chi connectivity index (χ0n) is 9.48. The number of urea groups is 1. The van der Waals surface area contributed by atoms with Crippen LogP contribution in [0.25, 0.3) is 0 Å². The summed E-state index contributed by atoms with van der Waals surface area (Å²) in [6.07, 6.45) is 2.88. The maximum absolute atomic E-state index is 10.9. The molecule has 0 saturated carbocycles. The molecular weight excluding hydrogens is 230 g/mol. The summed E-state index contributed by atoms with van der Waals surface area (Å²) in [5.74, 6) is 0.156. The number of carbonyl (C=O) groups is 1. The Morgan fingerprint density at radius 3 is 2.44 bits per heavy atom. The van der Waals surface area contributed by atoms with E-state index >= 15 is 0 Å². The van der Waals surface area contributed by atoms with Crippen LogP contribution in [-0.4, -0.2) is 57.0 Å². The largest absolute Gasteiger partial charge is 0.351 e. The van der Waals surface area contributed by atoms with Crippen molar-refractivity contribution in [2.45, 2.75) is 18.9 Å². The van der Waals surface area contributed by atoms with Gasteiger partial charge in [-0.15, -0.1) is 0 Å². The molecular formula is C9H19N3O3S. The Labute approximate surface area is 96.1 Å². The number of primary amides is 1. The van der Waals surface area contributed by atoms with Gasteiger partial charge in [0.25, 0.3) is 0 Å². The molecule has 0 aromatic rings. The van der Waals surface area contributed by atoms with Gasteiger partial charge in [0, 0.05) is 31.9 Å². The van der Waals surface area contributed by atoms with E-state index in [1.807, 2.05) is 0 Å². The Morgan fingerprint density at radius 2 is 2.00 bits per heavy atom.